The second-order valence-corrected chi connectivity index (χ2v) is 3.78. The van der Waals surface area contributed by atoms with Gasteiger partial charge in [0.25, 0.3) is 0 Å². The zero-order valence-corrected chi connectivity index (χ0v) is 8.73. The fourth-order valence-corrected chi connectivity index (χ4v) is 1.43. The summed E-state index contributed by atoms with van der Waals surface area (Å²) in [6.07, 6.45) is 3.41. The summed E-state index contributed by atoms with van der Waals surface area (Å²) in [7, 11) is 0. The van der Waals surface area contributed by atoms with Crippen LogP contribution < -0.4 is 4.74 Å². The minimum Gasteiger partial charge on any atom is -0.482 e. The van der Waals surface area contributed by atoms with Crippen molar-refractivity contribution in [3.05, 3.63) is 27.0 Å². The summed E-state index contributed by atoms with van der Waals surface area (Å²) in [4.78, 5) is 14.1. The SMILES string of the molecule is O=[N+]([O-])c1ccnc(Br)c1OC1CC1. The molecule has 74 valence electrons. The van der Waals surface area contributed by atoms with Crippen molar-refractivity contribution in [3.8, 4) is 5.75 Å². The van der Waals surface area contributed by atoms with Crippen molar-refractivity contribution in [1.29, 1.82) is 0 Å². The molecule has 0 spiro atoms. The van der Waals surface area contributed by atoms with E-state index in [4.69, 9.17) is 4.74 Å². The number of ether oxygens (including phenoxy) is 1. The largest absolute Gasteiger partial charge is 0.482 e. The van der Waals surface area contributed by atoms with Crippen LogP contribution in [0.4, 0.5) is 5.69 Å². The molecule has 0 bridgehead atoms. The number of rotatable bonds is 3. The van der Waals surface area contributed by atoms with Gasteiger partial charge in [-0.2, -0.15) is 0 Å². The maximum absolute atomic E-state index is 10.7. The molecule has 2 rings (SSSR count). The lowest BCUT2D eigenvalue weighted by Gasteiger charge is -2.05. The van der Waals surface area contributed by atoms with Crippen LogP contribution in [0.15, 0.2) is 16.9 Å². The van der Waals surface area contributed by atoms with Gasteiger partial charge in [0.1, 0.15) is 0 Å². The third-order valence-electron chi connectivity index (χ3n) is 1.85. The molecular formula is C8H7BrN2O3. The Morgan fingerprint density at radius 2 is 2.36 bits per heavy atom. The van der Waals surface area contributed by atoms with Gasteiger partial charge in [0, 0.05) is 12.3 Å². The van der Waals surface area contributed by atoms with Crippen LogP contribution in [0.1, 0.15) is 12.8 Å². The summed E-state index contributed by atoms with van der Waals surface area (Å²) in [6, 6.07) is 1.34. The molecule has 1 heterocycles. The van der Waals surface area contributed by atoms with Gasteiger partial charge in [0.2, 0.25) is 5.75 Å². The maximum atomic E-state index is 10.7. The average Bonchev–Trinajstić information content (AvgIpc) is 2.91. The summed E-state index contributed by atoms with van der Waals surface area (Å²) in [5.74, 6) is 0.236. The molecule has 1 aromatic heterocycles. The van der Waals surface area contributed by atoms with Crippen molar-refractivity contribution >= 4 is 21.6 Å². The fraction of sp³-hybridized carbons (Fsp3) is 0.375. The first-order valence-electron chi connectivity index (χ1n) is 4.14. The minimum atomic E-state index is -0.468. The molecule has 6 heteroatoms. The Hall–Kier alpha value is -1.17. The van der Waals surface area contributed by atoms with E-state index < -0.39 is 4.92 Å². The third-order valence-corrected chi connectivity index (χ3v) is 2.41. The lowest BCUT2D eigenvalue weighted by molar-refractivity contribution is -0.386. The monoisotopic (exact) mass is 258 g/mol. The van der Waals surface area contributed by atoms with Crippen molar-refractivity contribution in [2.24, 2.45) is 0 Å². The first kappa shape index (κ1) is 9.39. The highest BCUT2D eigenvalue weighted by Crippen LogP contribution is 2.37. The Morgan fingerprint density at radius 1 is 1.64 bits per heavy atom. The summed E-state index contributed by atoms with van der Waals surface area (Å²) in [5, 5.41) is 10.7. The zero-order valence-electron chi connectivity index (χ0n) is 7.14. The number of nitro groups is 1. The molecule has 0 atom stereocenters. The minimum absolute atomic E-state index is 0.0428. The van der Waals surface area contributed by atoms with E-state index in [0.717, 1.165) is 12.8 Å². The van der Waals surface area contributed by atoms with Crippen LogP contribution in [0.25, 0.3) is 0 Å². The molecule has 0 aromatic carbocycles. The highest BCUT2D eigenvalue weighted by molar-refractivity contribution is 9.10. The van der Waals surface area contributed by atoms with Crippen LogP contribution >= 0.6 is 15.9 Å². The number of hydrogen-bond acceptors (Lipinski definition) is 4. The van der Waals surface area contributed by atoms with Gasteiger partial charge in [-0.15, -0.1) is 0 Å². The third kappa shape index (κ3) is 1.84. The molecule has 5 nitrogen and oxygen atoms in total. The smallest absolute Gasteiger partial charge is 0.315 e. The van der Waals surface area contributed by atoms with E-state index in [-0.39, 0.29) is 17.5 Å². The van der Waals surface area contributed by atoms with E-state index in [0.29, 0.717) is 4.60 Å². The number of pyridine rings is 1. The van der Waals surface area contributed by atoms with E-state index in [1.807, 2.05) is 0 Å². The molecule has 0 amide bonds. The van der Waals surface area contributed by atoms with Crippen molar-refractivity contribution in [1.82, 2.24) is 4.98 Å². The Labute approximate surface area is 88.4 Å². The van der Waals surface area contributed by atoms with Crippen LogP contribution in [-0.2, 0) is 0 Å². The van der Waals surface area contributed by atoms with Gasteiger partial charge >= 0.3 is 5.69 Å². The molecule has 1 aliphatic carbocycles. The Kier molecular flexibility index (Phi) is 2.37. The number of halogens is 1. The second kappa shape index (κ2) is 3.53. The Bertz CT molecular complexity index is 379. The van der Waals surface area contributed by atoms with Crippen LogP contribution in [0.5, 0.6) is 5.75 Å². The quantitative estimate of drug-likeness (QED) is 0.474. The molecular weight excluding hydrogens is 252 g/mol. The van der Waals surface area contributed by atoms with Crippen molar-refractivity contribution in [2.45, 2.75) is 18.9 Å². The predicted octanol–water partition coefficient (Wildman–Crippen LogP) is 2.29. The molecule has 1 saturated carbocycles. The van der Waals surface area contributed by atoms with Gasteiger partial charge in [-0.25, -0.2) is 4.98 Å². The first-order chi connectivity index (χ1) is 6.68. The van der Waals surface area contributed by atoms with Crippen LogP contribution in [0, 0.1) is 10.1 Å². The van der Waals surface area contributed by atoms with Gasteiger partial charge < -0.3 is 4.74 Å². The van der Waals surface area contributed by atoms with E-state index in [9.17, 15) is 10.1 Å². The van der Waals surface area contributed by atoms with E-state index in [1.54, 1.807) is 0 Å². The van der Waals surface area contributed by atoms with Crippen LogP contribution in [-0.4, -0.2) is 16.0 Å². The molecule has 0 radical (unpaired) electrons. The lowest BCUT2D eigenvalue weighted by atomic mass is 10.4. The molecule has 1 aromatic rings. The molecule has 0 saturated heterocycles. The van der Waals surface area contributed by atoms with E-state index in [1.165, 1.54) is 12.3 Å². The highest BCUT2D eigenvalue weighted by Gasteiger charge is 2.29. The number of nitrogens with zero attached hydrogens (tertiary/aromatic N) is 2. The molecule has 0 N–H and O–H groups in total. The maximum Gasteiger partial charge on any atom is 0.315 e. The zero-order chi connectivity index (χ0) is 10.1. The fourth-order valence-electron chi connectivity index (χ4n) is 1.02. The molecule has 0 aliphatic heterocycles. The standard InChI is InChI=1S/C8H7BrN2O3/c9-8-7(14-5-1-2-5)6(11(12)13)3-4-10-8/h3-5H,1-2H2. The van der Waals surface area contributed by atoms with Crippen molar-refractivity contribution < 1.29 is 9.66 Å². The van der Waals surface area contributed by atoms with Crippen LogP contribution in [0.3, 0.4) is 0 Å². The van der Waals surface area contributed by atoms with Gasteiger partial charge in [0.15, 0.2) is 4.60 Å². The first-order valence-corrected chi connectivity index (χ1v) is 4.93. The number of aromatic nitrogens is 1. The average molecular weight is 259 g/mol. The summed E-state index contributed by atoms with van der Waals surface area (Å²) in [5.41, 5.74) is -0.0428. The van der Waals surface area contributed by atoms with Crippen molar-refractivity contribution in [2.75, 3.05) is 0 Å². The molecule has 1 fully saturated rings. The molecule has 1 aliphatic rings. The lowest BCUT2D eigenvalue weighted by Crippen LogP contribution is -2.01. The Morgan fingerprint density at radius 3 is 2.93 bits per heavy atom. The molecule has 0 unspecified atom stereocenters. The molecule has 14 heavy (non-hydrogen) atoms. The predicted molar refractivity (Wildman–Crippen MR) is 52.2 cm³/mol. The van der Waals surface area contributed by atoms with Crippen molar-refractivity contribution in [3.63, 3.8) is 0 Å². The summed E-state index contributed by atoms with van der Waals surface area (Å²) < 4.78 is 5.79. The van der Waals surface area contributed by atoms with E-state index in [2.05, 4.69) is 20.9 Å². The summed E-state index contributed by atoms with van der Waals surface area (Å²) >= 11 is 3.13. The van der Waals surface area contributed by atoms with Gasteiger partial charge in [0.05, 0.1) is 11.0 Å². The highest BCUT2D eigenvalue weighted by atomic mass is 79.9. The Balaban J connectivity index is 2.36. The van der Waals surface area contributed by atoms with Gasteiger partial charge in [-0.3, -0.25) is 10.1 Å². The second-order valence-electron chi connectivity index (χ2n) is 3.02. The van der Waals surface area contributed by atoms with E-state index >= 15 is 0 Å². The summed E-state index contributed by atoms with van der Waals surface area (Å²) in [6.45, 7) is 0. The topological polar surface area (TPSA) is 65.3 Å². The number of hydrogen-bond donors (Lipinski definition) is 0. The van der Waals surface area contributed by atoms with Gasteiger partial charge in [-0.05, 0) is 28.8 Å². The van der Waals surface area contributed by atoms with Crippen LogP contribution in [0.2, 0.25) is 0 Å². The van der Waals surface area contributed by atoms with Gasteiger partial charge in [-0.1, -0.05) is 0 Å². The normalized spacial score (nSPS) is 15.2.